The van der Waals surface area contributed by atoms with E-state index in [1.54, 1.807) is 0 Å². The van der Waals surface area contributed by atoms with Gasteiger partial charge in [0.05, 0.1) is 6.54 Å². The van der Waals surface area contributed by atoms with E-state index >= 15 is 0 Å². The molecule has 1 aliphatic heterocycles. The number of aromatic nitrogens is 2. The van der Waals surface area contributed by atoms with Crippen LogP contribution in [0.15, 0.2) is 42.7 Å². The third-order valence-corrected chi connectivity index (χ3v) is 4.01. The molecular weight excluding hydrogens is 248 g/mol. The maximum atomic E-state index is 4.29. The molecule has 4 nitrogen and oxygen atoms in total. The lowest BCUT2D eigenvalue weighted by molar-refractivity contribution is 0.492. The van der Waals surface area contributed by atoms with Crippen LogP contribution < -0.4 is 10.2 Å². The van der Waals surface area contributed by atoms with Crippen molar-refractivity contribution >= 4 is 5.69 Å². The zero-order valence-electron chi connectivity index (χ0n) is 12.0. The summed E-state index contributed by atoms with van der Waals surface area (Å²) in [5.41, 5.74) is 2.76. The molecule has 106 valence electrons. The maximum Gasteiger partial charge on any atom is 0.0584 e. The Labute approximate surface area is 120 Å². The van der Waals surface area contributed by atoms with E-state index in [1.165, 1.54) is 11.3 Å². The second-order valence-electron chi connectivity index (χ2n) is 5.33. The lowest BCUT2D eigenvalue weighted by Crippen LogP contribution is -2.39. The van der Waals surface area contributed by atoms with Crippen LogP contribution in [0.4, 0.5) is 5.69 Å². The molecule has 2 aromatic rings. The van der Waals surface area contributed by atoms with E-state index in [9.17, 15) is 0 Å². The van der Waals surface area contributed by atoms with Gasteiger partial charge in [0.1, 0.15) is 0 Å². The first kappa shape index (κ1) is 13.2. The minimum Gasteiger partial charge on any atom is -0.368 e. The number of benzene rings is 1. The molecule has 3 rings (SSSR count). The molecule has 1 aromatic heterocycles. The summed E-state index contributed by atoms with van der Waals surface area (Å²) < 4.78 is 2.00. The van der Waals surface area contributed by atoms with Gasteiger partial charge in [0.2, 0.25) is 0 Å². The van der Waals surface area contributed by atoms with Crippen molar-refractivity contribution in [1.29, 1.82) is 0 Å². The average Bonchev–Trinajstić information content (AvgIpc) is 2.94. The van der Waals surface area contributed by atoms with Gasteiger partial charge in [-0.05, 0) is 24.1 Å². The maximum absolute atomic E-state index is 4.29. The normalized spacial score (nSPS) is 18.6. The van der Waals surface area contributed by atoms with Crippen LogP contribution in [-0.2, 0) is 13.1 Å². The number of para-hydroxylation sites is 1. The molecule has 0 bridgehead atoms. The first-order chi connectivity index (χ1) is 9.86. The standard InChI is InChI=1S/C16H22N4/c1-2-15-13-19(10-11-20-9-5-8-18-20)16-7-4-3-6-14(16)12-17-15/h3-9,15,17H,2,10-13H2,1H3. The summed E-state index contributed by atoms with van der Waals surface area (Å²) in [5, 5.41) is 7.94. The molecule has 1 N–H and O–H groups in total. The van der Waals surface area contributed by atoms with Crippen molar-refractivity contribution in [2.75, 3.05) is 18.0 Å². The van der Waals surface area contributed by atoms with E-state index in [1.807, 2.05) is 23.1 Å². The Kier molecular flexibility index (Phi) is 4.02. The topological polar surface area (TPSA) is 33.1 Å². The minimum atomic E-state index is 0.556. The van der Waals surface area contributed by atoms with Gasteiger partial charge in [0.15, 0.2) is 0 Å². The highest BCUT2D eigenvalue weighted by Crippen LogP contribution is 2.23. The lowest BCUT2D eigenvalue weighted by atomic mass is 10.1. The zero-order valence-corrected chi connectivity index (χ0v) is 12.0. The number of rotatable bonds is 4. The summed E-state index contributed by atoms with van der Waals surface area (Å²) >= 11 is 0. The van der Waals surface area contributed by atoms with E-state index in [2.05, 4.69) is 46.5 Å². The quantitative estimate of drug-likeness (QED) is 0.925. The van der Waals surface area contributed by atoms with Gasteiger partial charge in [-0.1, -0.05) is 25.1 Å². The van der Waals surface area contributed by atoms with Crippen molar-refractivity contribution in [2.24, 2.45) is 0 Å². The van der Waals surface area contributed by atoms with Gasteiger partial charge < -0.3 is 10.2 Å². The third-order valence-electron chi connectivity index (χ3n) is 4.01. The largest absolute Gasteiger partial charge is 0.368 e. The number of hydrogen-bond donors (Lipinski definition) is 1. The number of anilines is 1. The van der Waals surface area contributed by atoms with Crippen molar-refractivity contribution in [3.05, 3.63) is 48.3 Å². The summed E-state index contributed by atoms with van der Waals surface area (Å²) in [7, 11) is 0. The molecule has 0 saturated heterocycles. The molecule has 4 heteroatoms. The highest BCUT2D eigenvalue weighted by atomic mass is 15.3. The molecule has 0 radical (unpaired) electrons. The second-order valence-corrected chi connectivity index (χ2v) is 5.33. The van der Waals surface area contributed by atoms with Crippen LogP contribution in [0.5, 0.6) is 0 Å². The molecule has 1 aromatic carbocycles. The Morgan fingerprint density at radius 3 is 2.95 bits per heavy atom. The van der Waals surface area contributed by atoms with Crippen LogP contribution in [-0.4, -0.2) is 28.9 Å². The van der Waals surface area contributed by atoms with Crippen molar-refractivity contribution in [3.63, 3.8) is 0 Å². The Hall–Kier alpha value is -1.81. The van der Waals surface area contributed by atoms with E-state index < -0.39 is 0 Å². The van der Waals surface area contributed by atoms with Gasteiger partial charge in [0.25, 0.3) is 0 Å². The zero-order chi connectivity index (χ0) is 13.8. The SMILES string of the molecule is CCC1CN(CCn2cccn2)c2ccccc2CN1. The van der Waals surface area contributed by atoms with Gasteiger partial charge in [-0.15, -0.1) is 0 Å². The summed E-state index contributed by atoms with van der Waals surface area (Å²) in [6.07, 6.45) is 5.03. The smallest absolute Gasteiger partial charge is 0.0584 e. The summed E-state index contributed by atoms with van der Waals surface area (Å²) in [6, 6.07) is 11.2. The Bertz CT molecular complexity index is 535. The highest BCUT2D eigenvalue weighted by molar-refractivity contribution is 5.54. The number of nitrogens with zero attached hydrogens (tertiary/aromatic N) is 3. The molecule has 2 heterocycles. The van der Waals surface area contributed by atoms with Gasteiger partial charge >= 0.3 is 0 Å². The van der Waals surface area contributed by atoms with Crippen LogP contribution in [0.1, 0.15) is 18.9 Å². The van der Waals surface area contributed by atoms with Gasteiger partial charge in [0, 0.05) is 43.8 Å². The fraction of sp³-hybridized carbons (Fsp3) is 0.438. The van der Waals surface area contributed by atoms with Gasteiger partial charge in [-0.3, -0.25) is 4.68 Å². The first-order valence-electron chi connectivity index (χ1n) is 7.40. The molecular formula is C16H22N4. The third kappa shape index (κ3) is 2.85. The molecule has 0 saturated carbocycles. The van der Waals surface area contributed by atoms with E-state index in [-0.39, 0.29) is 0 Å². The monoisotopic (exact) mass is 270 g/mol. The molecule has 0 fully saturated rings. The fourth-order valence-corrected chi connectivity index (χ4v) is 2.79. The molecule has 1 unspecified atom stereocenters. The van der Waals surface area contributed by atoms with Crippen LogP contribution in [0, 0.1) is 0 Å². The second kappa shape index (κ2) is 6.09. The Balaban J connectivity index is 1.78. The molecule has 0 spiro atoms. The highest BCUT2D eigenvalue weighted by Gasteiger charge is 2.19. The predicted octanol–water partition coefficient (Wildman–Crippen LogP) is 2.27. The minimum absolute atomic E-state index is 0.556. The van der Waals surface area contributed by atoms with Crippen LogP contribution >= 0.6 is 0 Å². The van der Waals surface area contributed by atoms with Crippen molar-refractivity contribution in [2.45, 2.75) is 32.5 Å². The fourth-order valence-electron chi connectivity index (χ4n) is 2.79. The molecule has 1 atom stereocenters. The summed E-state index contributed by atoms with van der Waals surface area (Å²) in [4.78, 5) is 2.49. The van der Waals surface area contributed by atoms with Crippen LogP contribution in [0.25, 0.3) is 0 Å². The van der Waals surface area contributed by atoms with Crippen LogP contribution in [0.3, 0.4) is 0 Å². The Morgan fingerprint density at radius 2 is 2.15 bits per heavy atom. The van der Waals surface area contributed by atoms with Crippen LogP contribution in [0.2, 0.25) is 0 Å². The van der Waals surface area contributed by atoms with E-state index in [4.69, 9.17) is 0 Å². The first-order valence-corrected chi connectivity index (χ1v) is 7.40. The molecule has 20 heavy (non-hydrogen) atoms. The molecule has 1 aliphatic rings. The van der Waals surface area contributed by atoms with Gasteiger partial charge in [-0.2, -0.15) is 5.10 Å². The van der Waals surface area contributed by atoms with Gasteiger partial charge in [-0.25, -0.2) is 0 Å². The predicted molar refractivity (Wildman–Crippen MR) is 81.8 cm³/mol. The summed E-state index contributed by atoms with van der Waals surface area (Å²) in [5.74, 6) is 0. The number of nitrogens with one attached hydrogen (secondary N) is 1. The average molecular weight is 270 g/mol. The van der Waals surface area contributed by atoms with Crippen molar-refractivity contribution in [3.8, 4) is 0 Å². The van der Waals surface area contributed by atoms with Crippen molar-refractivity contribution in [1.82, 2.24) is 15.1 Å². The lowest BCUT2D eigenvalue weighted by Gasteiger charge is -2.27. The number of hydrogen-bond acceptors (Lipinski definition) is 3. The number of fused-ring (bicyclic) bond motifs is 1. The molecule has 0 aliphatic carbocycles. The van der Waals surface area contributed by atoms with E-state index in [0.717, 1.165) is 32.6 Å². The van der Waals surface area contributed by atoms with Crippen molar-refractivity contribution < 1.29 is 0 Å². The Morgan fingerprint density at radius 1 is 1.25 bits per heavy atom. The summed E-state index contributed by atoms with van der Waals surface area (Å²) in [6.45, 7) is 6.20. The molecule has 0 amide bonds. The van der Waals surface area contributed by atoms with E-state index in [0.29, 0.717) is 6.04 Å².